The van der Waals surface area contributed by atoms with Crippen molar-refractivity contribution in [1.82, 2.24) is 10.3 Å². The van der Waals surface area contributed by atoms with Crippen LogP contribution in [0, 0.1) is 52.8 Å². The number of rotatable bonds is 1. The molecule has 0 radical (unpaired) electrons. The molecule has 12 atom stereocenters. The average Bonchev–Trinajstić information content (AvgIpc) is 3.18. The third-order valence-corrected chi connectivity index (χ3v) is 12.1. The number of amides is 2. The van der Waals surface area contributed by atoms with E-state index in [-0.39, 0.29) is 17.4 Å². The average molecular weight is 487 g/mol. The van der Waals surface area contributed by atoms with Gasteiger partial charge in [-0.25, -0.2) is 10.2 Å². The molecule has 4 aliphatic carbocycles. The zero-order valence-corrected chi connectivity index (χ0v) is 21.8. The Morgan fingerprint density at radius 3 is 2.60 bits per heavy atom. The molecule has 0 aromatic rings. The molecule has 2 heterocycles. The van der Waals surface area contributed by atoms with Crippen LogP contribution in [0.15, 0.2) is 5.10 Å². The lowest BCUT2D eigenvalue weighted by atomic mass is 9.51. The molecule has 0 aromatic heterocycles. The van der Waals surface area contributed by atoms with Crippen LogP contribution in [-0.4, -0.2) is 57.7 Å². The summed E-state index contributed by atoms with van der Waals surface area (Å²) >= 11 is 0. The summed E-state index contributed by atoms with van der Waals surface area (Å²) in [5.41, 5.74) is 8.47. The Hall–Kier alpha value is -1.18. The molecule has 0 bridgehead atoms. The molecule has 7 nitrogen and oxygen atoms in total. The van der Waals surface area contributed by atoms with E-state index in [0.29, 0.717) is 47.5 Å². The third-order valence-electron chi connectivity index (χ3n) is 12.1. The molecule has 0 aromatic carbocycles. The van der Waals surface area contributed by atoms with Crippen LogP contribution >= 0.6 is 0 Å². The Morgan fingerprint density at radius 2 is 1.83 bits per heavy atom. The summed E-state index contributed by atoms with van der Waals surface area (Å²) in [6.07, 6.45) is 9.19. The van der Waals surface area contributed by atoms with E-state index in [4.69, 9.17) is 5.73 Å². The molecule has 2 saturated heterocycles. The number of hydrogen-bond acceptors (Lipinski definition) is 5. The number of fused-ring (bicyclic) bond motifs is 8. The van der Waals surface area contributed by atoms with Crippen molar-refractivity contribution >= 4 is 11.7 Å². The standard InChI is InChI=1S/C28H46N4O3/c1-15-4-7-25-28(3,35)21-6-5-17-18(20(21)14-32(25)13-15)11-22-19(17)12-24(30-31-26(29)34)23-10-16(33)8-9-27(22,23)2/h15-23,25,33,35H,4-14H2,1-3H3,(H3,29,31,34)/b30-24-/t15-,16+,17-,18-,19-,20+,21-,22+,23-,25+,27-,28+/m1/s1. The summed E-state index contributed by atoms with van der Waals surface area (Å²) in [7, 11) is 0. The van der Waals surface area contributed by atoms with Crippen LogP contribution in [0.4, 0.5) is 4.79 Å². The smallest absolute Gasteiger partial charge is 0.332 e. The fourth-order valence-corrected chi connectivity index (χ4v) is 10.6. The summed E-state index contributed by atoms with van der Waals surface area (Å²) in [5, 5.41) is 27.0. The van der Waals surface area contributed by atoms with Gasteiger partial charge in [-0.1, -0.05) is 13.8 Å². The molecule has 35 heavy (non-hydrogen) atoms. The molecule has 196 valence electrons. The molecule has 6 fully saturated rings. The number of primary amides is 1. The normalized spacial score (nSPS) is 54.7. The molecule has 6 rings (SSSR count). The fourth-order valence-electron chi connectivity index (χ4n) is 10.6. The van der Waals surface area contributed by atoms with Crippen molar-refractivity contribution in [3.8, 4) is 0 Å². The number of hydrazone groups is 1. The number of hydrogen-bond donors (Lipinski definition) is 4. The van der Waals surface area contributed by atoms with Crippen LogP contribution in [-0.2, 0) is 0 Å². The molecule has 2 amide bonds. The van der Waals surface area contributed by atoms with Gasteiger partial charge in [0.2, 0.25) is 0 Å². The van der Waals surface area contributed by atoms with Crippen LogP contribution in [0.2, 0.25) is 0 Å². The van der Waals surface area contributed by atoms with E-state index in [1.807, 2.05) is 0 Å². The van der Waals surface area contributed by atoms with Crippen LogP contribution in [0.3, 0.4) is 0 Å². The lowest BCUT2D eigenvalue weighted by Gasteiger charge is -2.59. The van der Waals surface area contributed by atoms with Crippen LogP contribution < -0.4 is 11.2 Å². The van der Waals surface area contributed by atoms with Gasteiger partial charge in [-0.15, -0.1) is 0 Å². The molecule has 2 aliphatic heterocycles. The highest BCUT2D eigenvalue weighted by molar-refractivity contribution is 5.90. The van der Waals surface area contributed by atoms with Gasteiger partial charge in [0.1, 0.15) is 0 Å². The van der Waals surface area contributed by atoms with Gasteiger partial charge >= 0.3 is 6.03 Å². The Morgan fingerprint density at radius 1 is 1.03 bits per heavy atom. The van der Waals surface area contributed by atoms with E-state index >= 15 is 0 Å². The minimum absolute atomic E-state index is 0.104. The number of urea groups is 1. The van der Waals surface area contributed by atoms with Crippen LogP contribution in [0.5, 0.6) is 0 Å². The molecule has 0 unspecified atom stereocenters. The second-order valence-corrected chi connectivity index (χ2v) is 13.8. The largest absolute Gasteiger partial charge is 0.393 e. The maximum absolute atomic E-state index is 11.9. The van der Waals surface area contributed by atoms with Crippen molar-refractivity contribution in [2.24, 2.45) is 63.6 Å². The maximum atomic E-state index is 11.9. The lowest BCUT2D eigenvalue weighted by molar-refractivity contribution is -0.175. The SMILES string of the molecule is C[C@@H]1CC[C@@H]2N(C1)C[C@H]1[C@@H]3C[C@H]4[C@H](C/C(=N/NC(N)=O)[C@H]5C[C@@H](O)CC[C@@]54C)[C@@H]3CC[C@H]1[C@]2(C)O. The molecule has 6 aliphatic rings. The van der Waals surface area contributed by atoms with E-state index in [1.165, 1.54) is 19.3 Å². The Kier molecular flexibility index (Phi) is 5.82. The summed E-state index contributed by atoms with van der Waals surface area (Å²) < 4.78 is 0. The Balaban J connectivity index is 1.32. The number of aliphatic hydroxyl groups excluding tert-OH is 1. The zero-order valence-electron chi connectivity index (χ0n) is 21.8. The molecule has 7 heteroatoms. The lowest BCUT2D eigenvalue weighted by Crippen LogP contribution is -2.67. The number of nitrogens with one attached hydrogen (secondary N) is 1. The van der Waals surface area contributed by atoms with E-state index in [2.05, 4.69) is 36.2 Å². The monoisotopic (exact) mass is 486 g/mol. The maximum Gasteiger partial charge on any atom is 0.332 e. The first kappa shape index (κ1) is 24.2. The quantitative estimate of drug-likeness (QED) is 0.426. The number of carbonyl (C=O) groups excluding carboxylic acids is 1. The molecule has 0 spiro atoms. The summed E-state index contributed by atoms with van der Waals surface area (Å²) in [4.78, 5) is 14.1. The molecule has 5 N–H and O–H groups in total. The topological polar surface area (TPSA) is 111 Å². The minimum atomic E-state index is -0.614. The number of nitrogens with zero attached hydrogens (tertiary/aromatic N) is 2. The number of nitrogens with two attached hydrogens (primary N) is 1. The second-order valence-electron chi connectivity index (χ2n) is 13.8. The highest BCUT2D eigenvalue weighted by Gasteiger charge is 2.64. The van der Waals surface area contributed by atoms with E-state index in [9.17, 15) is 15.0 Å². The van der Waals surface area contributed by atoms with Gasteiger partial charge in [0, 0.05) is 30.8 Å². The van der Waals surface area contributed by atoms with Gasteiger partial charge in [-0.2, -0.15) is 5.10 Å². The van der Waals surface area contributed by atoms with Gasteiger partial charge in [-0.05, 0) is 112 Å². The van der Waals surface area contributed by atoms with Crippen molar-refractivity contribution in [3.05, 3.63) is 0 Å². The van der Waals surface area contributed by atoms with Crippen molar-refractivity contribution in [3.63, 3.8) is 0 Å². The van der Waals surface area contributed by atoms with E-state index in [1.54, 1.807) is 0 Å². The number of carbonyl (C=O) groups is 1. The first-order valence-electron chi connectivity index (χ1n) is 14.4. The number of aliphatic hydroxyl groups is 2. The summed E-state index contributed by atoms with van der Waals surface area (Å²) in [5.74, 6) is 4.42. The predicted molar refractivity (Wildman–Crippen MR) is 135 cm³/mol. The number of piperidine rings is 2. The summed E-state index contributed by atoms with van der Waals surface area (Å²) in [6, 6.07) is -0.294. The first-order valence-corrected chi connectivity index (χ1v) is 14.4. The predicted octanol–water partition coefficient (Wildman–Crippen LogP) is 3.34. The molecular formula is C28H46N4O3. The van der Waals surface area contributed by atoms with Gasteiger partial charge in [0.15, 0.2) is 0 Å². The highest BCUT2D eigenvalue weighted by atomic mass is 16.3. The van der Waals surface area contributed by atoms with Crippen LogP contribution in [0.25, 0.3) is 0 Å². The van der Waals surface area contributed by atoms with Gasteiger partial charge in [-0.3, -0.25) is 4.90 Å². The zero-order chi connectivity index (χ0) is 24.7. The van der Waals surface area contributed by atoms with Crippen LogP contribution in [0.1, 0.15) is 78.6 Å². The highest BCUT2D eigenvalue weighted by Crippen LogP contribution is 2.66. The van der Waals surface area contributed by atoms with Gasteiger partial charge in [0.25, 0.3) is 0 Å². The van der Waals surface area contributed by atoms with Gasteiger partial charge in [0.05, 0.1) is 11.7 Å². The van der Waals surface area contributed by atoms with Gasteiger partial charge < -0.3 is 15.9 Å². The van der Waals surface area contributed by atoms with Crippen molar-refractivity contribution < 1.29 is 15.0 Å². The second kappa shape index (κ2) is 8.42. The van der Waals surface area contributed by atoms with Crippen molar-refractivity contribution in [2.75, 3.05) is 13.1 Å². The fraction of sp³-hybridized carbons (Fsp3) is 0.929. The first-order chi connectivity index (χ1) is 16.6. The summed E-state index contributed by atoms with van der Waals surface area (Å²) in [6.45, 7) is 9.24. The van der Waals surface area contributed by atoms with Crippen molar-refractivity contribution in [1.29, 1.82) is 0 Å². The third kappa shape index (κ3) is 3.70. The van der Waals surface area contributed by atoms with E-state index in [0.717, 1.165) is 57.3 Å². The molecule has 4 saturated carbocycles. The minimum Gasteiger partial charge on any atom is -0.393 e. The Labute approximate surface area is 210 Å². The molecular weight excluding hydrogens is 440 g/mol. The van der Waals surface area contributed by atoms with E-state index < -0.39 is 11.6 Å². The van der Waals surface area contributed by atoms with Crippen molar-refractivity contribution in [2.45, 2.75) is 96.3 Å². The Bertz CT molecular complexity index is 891.